The van der Waals surface area contributed by atoms with Gasteiger partial charge >= 0.3 is 0 Å². The number of nitrogens with zero attached hydrogens (tertiary/aromatic N) is 1. The van der Waals surface area contributed by atoms with Crippen molar-refractivity contribution in [2.75, 3.05) is 6.54 Å². The highest BCUT2D eigenvalue weighted by atomic mass is 16.1. The van der Waals surface area contributed by atoms with Crippen molar-refractivity contribution >= 4 is 16.8 Å². The second kappa shape index (κ2) is 9.57. The normalized spacial score (nSPS) is 10.9. The predicted octanol–water partition coefficient (Wildman–Crippen LogP) is 6.27. The second-order valence-corrected chi connectivity index (χ2v) is 8.07. The Bertz CT molecular complexity index is 1200. The van der Waals surface area contributed by atoms with Crippen LogP contribution in [0, 0.1) is 13.8 Å². The molecule has 3 heteroatoms. The molecule has 1 N–H and O–H groups in total. The highest BCUT2D eigenvalue weighted by molar-refractivity contribution is 6.07. The Morgan fingerprint density at radius 1 is 0.839 bits per heavy atom. The maximum absolute atomic E-state index is 13.1. The summed E-state index contributed by atoms with van der Waals surface area (Å²) in [6.07, 6.45) is 3.04. The summed E-state index contributed by atoms with van der Waals surface area (Å²) in [7, 11) is 0. The molecule has 0 saturated heterocycles. The van der Waals surface area contributed by atoms with Gasteiger partial charge in [0.05, 0.1) is 16.8 Å². The van der Waals surface area contributed by atoms with E-state index in [-0.39, 0.29) is 5.91 Å². The molecule has 0 aliphatic heterocycles. The van der Waals surface area contributed by atoms with Crippen molar-refractivity contribution in [2.24, 2.45) is 0 Å². The zero-order valence-electron chi connectivity index (χ0n) is 18.2. The molecule has 0 atom stereocenters. The Kier molecular flexibility index (Phi) is 6.42. The van der Waals surface area contributed by atoms with Crippen LogP contribution in [0.2, 0.25) is 0 Å². The van der Waals surface area contributed by atoms with Gasteiger partial charge < -0.3 is 5.32 Å². The van der Waals surface area contributed by atoms with E-state index in [1.165, 1.54) is 16.7 Å². The number of para-hydroxylation sites is 1. The Hall–Kier alpha value is -3.46. The molecular weight excluding hydrogens is 380 g/mol. The van der Waals surface area contributed by atoms with Crippen LogP contribution in [0.5, 0.6) is 0 Å². The van der Waals surface area contributed by atoms with E-state index in [2.05, 4.69) is 61.6 Å². The topological polar surface area (TPSA) is 42.0 Å². The summed E-state index contributed by atoms with van der Waals surface area (Å²) < 4.78 is 0. The first-order valence-corrected chi connectivity index (χ1v) is 10.9. The molecule has 0 spiro atoms. The van der Waals surface area contributed by atoms with Crippen LogP contribution in [0.3, 0.4) is 0 Å². The number of aromatic nitrogens is 1. The third kappa shape index (κ3) is 5.00. The number of rotatable bonds is 7. The SMILES string of the molecule is Cc1ccc(-c2cc(C(=O)NCCCCc3ccccc3)c3ccccc3n2)cc1C. The van der Waals surface area contributed by atoms with Crippen molar-refractivity contribution in [1.82, 2.24) is 10.3 Å². The minimum atomic E-state index is -0.0385. The molecular formula is C28H28N2O. The first-order valence-electron chi connectivity index (χ1n) is 10.9. The van der Waals surface area contributed by atoms with E-state index in [9.17, 15) is 4.79 Å². The number of hydrogen-bond acceptors (Lipinski definition) is 2. The molecule has 1 amide bonds. The molecule has 0 aliphatic rings. The van der Waals surface area contributed by atoms with Crippen molar-refractivity contribution in [1.29, 1.82) is 0 Å². The van der Waals surface area contributed by atoms with Crippen molar-refractivity contribution in [3.8, 4) is 11.3 Å². The van der Waals surface area contributed by atoms with E-state index in [1.54, 1.807) is 0 Å². The Labute approximate surface area is 184 Å². The molecule has 0 unspecified atom stereocenters. The maximum atomic E-state index is 13.1. The van der Waals surface area contributed by atoms with Crippen molar-refractivity contribution < 1.29 is 4.79 Å². The van der Waals surface area contributed by atoms with Gasteiger partial charge in [0.1, 0.15) is 0 Å². The minimum Gasteiger partial charge on any atom is -0.352 e. The van der Waals surface area contributed by atoms with Crippen molar-refractivity contribution in [2.45, 2.75) is 33.1 Å². The lowest BCUT2D eigenvalue weighted by Gasteiger charge is -2.11. The minimum absolute atomic E-state index is 0.0385. The van der Waals surface area contributed by atoms with Crippen LogP contribution in [-0.2, 0) is 6.42 Å². The van der Waals surface area contributed by atoms with Gasteiger partial charge in [0.25, 0.3) is 5.91 Å². The molecule has 4 aromatic rings. The molecule has 0 bridgehead atoms. The number of carbonyl (C=O) groups excluding carboxylic acids is 1. The molecule has 3 nitrogen and oxygen atoms in total. The van der Waals surface area contributed by atoms with Crippen LogP contribution >= 0.6 is 0 Å². The summed E-state index contributed by atoms with van der Waals surface area (Å²) >= 11 is 0. The number of pyridine rings is 1. The molecule has 4 rings (SSSR count). The number of hydrogen-bond donors (Lipinski definition) is 1. The van der Waals surface area contributed by atoms with Gasteiger partial charge in [-0.3, -0.25) is 4.79 Å². The van der Waals surface area contributed by atoms with E-state index in [0.29, 0.717) is 12.1 Å². The number of benzene rings is 3. The van der Waals surface area contributed by atoms with E-state index in [0.717, 1.165) is 41.4 Å². The number of fused-ring (bicyclic) bond motifs is 1. The molecule has 1 heterocycles. The fraction of sp³-hybridized carbons (Fsp3) is 0.214. The summed E-state index contributed by atoms with van der Waals surface area (Å²) in [5.74, 6) is -0.0385. The quantitative estimate of drug-likeness (QED) is 0.366. The lowest BCUT2D eigenvalue weighted by molar-refractivity contribution is 0.0954. The Morgan fingerprint density at radius 2 is 1.61 bits per heavy atom. The molecule has 0 aliphatic carbocycles. The van der Waals surface area contributed by atoms with Gasteiger partial charge in [-0.25, -0.2) is 4.98 Å². The van der Waals surface area contributed by atoms with Gasteiger partial charge in [0.15, 0.2) is 0 Å². The zero-order valence-corrected chi connectivity index (χ0v) is 18.2. The van der Waals surface area contributed by atoms with E-state index in [1.807, 2.05) is 36.4 Å². The number of unbranched alkanes of at least 4 members (excludes halogenated alkanes) is 1. The number of amides is 1. The van der Waals surface area contributed by atoms with Crippen LogP contribution in [-0.4, -0.2) is 17.4 Å². The van der Waals surface area contributed by atoms with E-state index < -0.39 is 0 Å². The lowest BCUT2D eigenvalue weighted by atomic mass is 10.0. The molecule has 3 aromatic carbocycles. The number of aryl methyl sites for hydroxylation is 3. The summed E-state index contributed by atoms with van der Waals surface area (Å²) in [6, 6.07) is 26.6. The third-order valence-electron chi connectivity index (χ3n) is 5.78. The Balaban J connectivity index is 1.50. The fourth-order valence-electron chi connectivity index (χ4n) is 3.81. The van der Waals surface area contributed by atoms with Crippen molar-refractivity contribution in [3.63, 3.8) is 0 Å². The van der Waals surface area contributed by atoms with Crippen LogP contribution < -0.4 is 5.32 Å². The van der Waals surface area contributed by atoms with Crippen LogP contribution in [0.15, 0.2) is 78.9 Å². The second-order valence-electron chi connectivity index (χ2n) is 8.07. The van der Waals surface area contributed by atoms with Gasteiger partial charge in [-0.1, -0.05) is 60.7 Å². The molecule has 0 fully saturated rings. The average molecular weight is 409 g/mol. The molecule has 0 radical (unpaired) electrons. The summed E-state index contributed by atoms with van der Waals surface area (Å²) in [5.41, 5.74) is 7.19. The summed E-state index contributed by atoms with van der Waals surface area (Å²) in [6.45, 7) is 4.87. The van der Waals surface area contributed by atoms with Crippen LogP contribution in [0.1, 0.15) is 39.9 Å². The van der Waals surface area contributed by atoms with Gasteiger partial charge in [0, 0.05) is 17.5 Å². The van der Waals surface area contributed by atoms with Crippen molar-refractivity contribution in [3.05, 3.63) is 101 Å². The molecule has 0 saturated carbocycles. The van der Waals surface area contributed by atoms with E-state index in [4.69, 9.17) is 4.98 Å². The first kappa shape index (κ1) is 20.8. The number of nitrogens with one attached hydrogen (secondary N) is 1. The summed E-state index contributed by atoms with van der Waals surface area (Å²) in [5, 5.41) is 4.00. The predicted molar refractivity (Wildman–Crippen MR) is 128 cm³/mol. The first-order chi connectivity index (χ1) is 15.1. The average Bonchev–Trinajstić information content (AvgIpc) is 2.80. The standard InChI is InChI=1S/C28H28N2O/c1-20-15-16-23(18-21(20)2)27-19-25(24-13-6-7-14-26(24)30-27)28(31)29-17-9-8-12-22-10-4-3-5-11-22/h3-7,10-11,13-16,18-19H,8-9,12,17H2,1-2H3,(H,29,31). The molecule has 1 aromatic heterocycles. The highest BCUT2D eigenvalue weighted by Gasteiger charge is 2.14. The van der Waals surface area contributed by atoms with E-state index >= 15 is 0 Å². The number of carbonyl (C=O) groups is 1. The largest absolute Gasteiger partial charge is 0.352 e. The smallest absolute Gasteiger partial charge is 0.252 e. The van der Waals surface area contributed by atoms with Gasteiger partial charge in [-0.15, -0.1) is 0 Å². The lowest BCUT2D eigenvalue weighted by Crippen LogP contribution is -2.25. The molecule has 31 heavy (non-hydrogen) atoms. The summed E-state index contributed by atoms with van der Waals surface area (Å²) in [4.78, 5) is 17.9. The Morgan fingerprint density at radius 3 is 2.42 bits per heavy atom. The van der Waals surface area contributed by atoms with Crippen LogP contribution in [0.4, 0.5) is 0 Å². The zero-order chi connectivity index (χ0) is 21.6. The van der Waals surface area contributed by atoms with Gasteiger partial charge in [0.2, 0.25) is 0 Å². The maximum Gasteiger partial charge on any atom is 0.252 e. The van der Waals surface area contributed by atoms with Gasteiger partial charge in [-0.2, -0.15) is 0 Å². The highest BCUT2D eigenvalue weighted by Crippen LogP contribution is 2.26. The third-order valence-corrected chi connectivity index (χ3v) is 5.78. The monoisotopic (exact) mass is 408 g/mol. The van der Waals surface area contributed by atoms with Gasteiger partial charge in [-0.05, 0) is 68.0 Å². The van der Waals surface area contributed by atoms with Crippen LogP contribution in [0.25, 0.3) is 22.2 Å². The fourth-order valence-corrected chi connectivity index (χ4v) is 3.81. The molecule has 156 valence electrons.